The molecule has 0 aliphatic rings. The van der Waals surface area contributed by atoms with Crippen molar-refractivity contribution in [3.8, 4) is 0 Å². The molecule has 2 aromatic carbocycles. The molecule has 0 nitrogen and oxygen atoms in total. The zero-order valence-corrected chi connectivity index (χ0v) is 12.6. The highest BCUT2D eigenvalue weighted by Gasteiger charge is 2.02. The van der Waals surface area contributed by atoms with Gasteiger partial charge < -0.3 is 0 Å². The van der Waals surface area contributed by atoms with Crippen LogP contribution in [0.2, 0.25) is 0 Å². The second-order valence-corrected chi connectivity index (χ2v) is 4.15. The van der Waals surface area contributed by atoms with Gasteiger partial charge in [0.25, 0.3) is 0 Å². The molecule has 0 aliphatic heterocycles. The van der Waals surface area contributed by atoms with E-state index in [1.807, 2.05) is 26.8 Å². The Labute approximate surface area is 119 Å². The van der Waals surface area contributed by atoms with Crippen molar-refractivity contribution in [2.45, 2.75) is 34.6 Å². The van der Waals surface area contributed by atoms with Crippen molar-refractivity contribution < 1.29 is 13.2 Å². The van der Waals surface area contributed by atoms with E-state index in [1.54, 1.807) is 13.0 Å². The van der Waals surface area contributed by atoms with Crippen molar-refractivity contribution in [3.63, 3.8) is 0 Å². The van der Waals surface area contributed by atoms with Gasteiger partial charge in [0.15, 0.2) is 0 Å². The van der Waals surface area contributed by atoms with Gasteiger partial charge in [0, 0.05) is 5.56 Å². The third-order valence-corrected chi connectivity index (χ3v) is 2.41. The average Bonchev–Trinajstić information content (AvgIpc) is 2.38. The largest absolute Gasteiger partial charge is 0.207 e. The Hall–Kier alpha value is -1.77. The van der Waals surface area contributed by atoms with Gasteiger partial charge in [-0.2, -0.15) is 0 Å². The number of benzene rings is 2. The molecule has 0 saturated carbocycles. The van der Waals surface area contributed by atoms with Crippen LogP contribution in [0.25, 0.3) is 0 Å². The summed E-state index contributed by atoms with van der Waals surface area (Å²) in [6, 6.07) is 9.14. The fourth-order valence-corrected chi connectivity index (χ4v) is 1.38. The predicted molar refractivity (Wildman–Crippen MR) is 78.3 cm³/mol. The summed E-state index contributed by atoms with van der Waals surface area (Å²) < 4.78 is 37.4. The van der Waals surface area contributed by atoms with Crippen molar-refractivity contribution in [2.24, 2.45) is 0 Å². The smallest absolute Gasteiger partial charge is 0.129 e. The second kappa shape index (κ2) is 9.18. The molecule has 0 aromatic heterocycles. The van der Waals surface area contributed by atoms with E-state index in [1.165, 1.54) is 31.2 Å². The summed E-state index contributed by atoms with van der Waals surface area (Å²) in [4.78, 5) is 0. The Morgan fingerprint density at radius 2 is 1.20 bits per heavy atom. The molecule has 0 atom stereocenters. The molecule has 3 heteroatoms. The first-order chi connectivity index (χ1) is 9.40. The Bertz CT molecular complexity index is 493. The molecule has 0 N–H and O–H groups in total. The molecule has 0 fully saturated rings. The fraction of sp³-hybridized carbons (Fsp3) is 0.294. The number of hydrogen-bond donors (Lipinski definition) is 0. The molecule has 0 saturated heterocycles. The van der Waals surface area contributed by atoms with E-state index in [-0.39, 0.29) is 11.4 Å². The van der Waals surface area contributed by atoms with E-state index in [2.05, 4.69) is 0 Å². The third kappa shape index (κ3) is 6.41. The van der Waals surface area contributed by atoms with Crippen LogP contribution in [0.15, 0.2) is 36.4 Å². The molecule has 20 heavy (non-hydrogen) atoms. The quantitative estimate of drug-likeness (QED) is 0.578. The van der Waals surface area contributed by atoms with Crippen LogP contribution >= 0.6 is 0 Å². The highest BCUT2D eigenvalue weighted by molar-refractivity contribution is 5.23. The summed E-state index contributed by atoms with van der Waals surface area (Å²) in [5.41, 5.74) is 1.66. The molecular weight excluding hydrogens is 261 g/mol. The molecule has 2 aromatic rings. The first-order valence-corrected chi connectivity index (χ1v) is 6.54. The SMILES string of the molecule is CC.Cc1cc(F)c(C)c(F)c1.Cc1cccc(F)c1. The van der Waals surface area contributed by atoms with Crippen molar-refractivity contribution in [1.29, 1.82) is 0 Å². The summed E-state index contributed by atoms with van der Waals surface area (Å²) in [7, 11) is 0. The predicted octanol–water partition coefficient (Wildman–Crippen LogP) is 5.74. The van der Waals surface area contributed by atoms with Crippen LogP contribution in [0.5, 0.6) is 0 Å². The van der Waals surface area contributed by atoms with Gasteiger partial charge in [-0.25, -0.2) is 13.2 Å². The summed E-state index contributed by atoms with van der Waals surface area (Å²) in [6.07, 6.45) is 0. The van der Waals surface area contributed by atoms with Crippen LogP contribution < -0.4 is 0 Å². The molecule has 0 unspecified atom stereocenters. The molecule has 0 radical (unpaired) electrons. The van der Waals surface area contributed by atoms with Crippen LogP contribution in [0, 0.1) is 38.2 Å². The minimum Gasteiger partial charge on any atom is -0.207 e. The lowest BCUT2D eigenvalue weighted by molar-refractivity contribution is 0.566. The normalized spacial score (nSPS) is 9.00. The Morgan fingerprint density at radius 3 is 1.55 bits per heavy atom. The second-order valence-electron chi connectivity index (χ2n) is 4.15. The van der Waals surface area contributed by atoms with Gasteiger partial charge >= 0.3 is 0 Å². The first-order valence-electron chi connectivity index (χ1n) is 6.54. The zero-order valence-electron chi connectivity index (χ0n) is 12.6. The van der Waals surface area contributed by atoms with E-state index >= 15 is 0 Å². The highest BCUT2D eigenvalue weighted by Crippen LogP contribution is 2.12. The standard InChI is InChI=1S/C8H8F2.C7H7F.C2H6/c1-5-3-7(9)6(2)8(10)4-5;1-6-3-2-4-7(8)5-6;1-2/h3-4H,1-2H3;2-5H,1H3;1-2H3. The lowest BCUT2D eigenvalue weighted by Crippen LogP contribution is -1.88. The van der Waals surface area contributed by atoms with E-state index in [0.717, 1.165) is 5.56 Å². The lowest BCUT2D eigenvalue weighted by atomic mass is 10.1. The van der Waals surface area contributed by atoms with E-state index in [0.29, 0.717) is 5.56 Å². The zero-order chi connectivity index (χ0) is 15.7. The Morgan fingerprint density at radius 1 is 0.700 bits per heavy atom. The van der Waals surface area contributed by atoms with Crippen molar-refractivity contribution in [1.82, 2.24) is 0 Å². The first kappa shape index (κ1) is 18.2. The molecule has 0 aliphatic carbocycles. The molecule has 0 amide bonds. The van der Waals surface area contributed by atoms with Crippen LogP contribution in [-0.2, 0) is 0 Å². The van der Waals surface area contributed by atoms with Gasteiger partial charge in [-0.1, -0.05) is 26.0 Å². The molecule has 0 heterocycles. The van der Waals surface area contributed by atoms with Gasteiger partial charge in [-0.15, -0.1) is 0 Å². The Balaban J connectivity index is 0.000000327. The van der Waals surface area contributed by atoms with Crippen LogP contribution in [-0.4, -0.2) is 0 Å². The van der Waals surface area contributed by atoms with E-state index < -0.39 is 11.6 Å². The van der Waals surface area contributed by atoms with Crippen molar-refractivity contribution in [2.75, 3.05) is 0 Å². The summed E-state index contributed by atoms with van der Waals surface area (Å²) in [5.74, 6) is -1.11. The monoisotopic (exact) mass is 282 g/mol. The van der Waals surface area contributed by atoms with E-state index in [9.17, 15) is 13.2 Å². The highest BCUT2D eigenvalue weighted by atomic mass is 19.1. The molecule has 0 bridgehead atoms. The van der Waals surface area contributed by atoms with Gasteiger partial charge in [0.05, 0.1) is 0 Å². The lowest BCUT2D eigenvalue weighted by Gasteiger charge is -1.98. The van der Waals surface area contributed by atoms with Gasteiger partial charge in [0.1, 0.15) is 17.5 Å². The van der Waals surface area contributed by atoms with Crippen LogP contribution in [0.1, 0.15) is 30.5 Å². The molecule has 0 spiro atoms. The number of halogens is 3. The van der Waals surface area contributed by atoms with Gasteiger partial charge in [-0.05, 0) is 56.2 Å². The minimum atomic E-state index is -0.475. The summed E-state index contributed by atoms with van der Waals surface area (Å²) in [5, 5.41) is 0. The average molecular weight is 282 g/mol. The van der Waals surface area contributed by atoms with Crippen molar-refractivity contribution in [3.05, 3.63) is 70.5 Å². The minimum absolute atomic E-state index is 0.0885. The van der Waals surface area contributed by atoms with Crippen molar-refractivity contribution >= 4 is 0 Å². The maximum atomic E-state index is 12.6. The maximum absolute atomic E-state index is 12.6. The van der Waals surface area contributed by atoms with Crippen LogP contribution in [0.4, 0.5) is 13.2 Å². The van der Waals surface area contributed by atoms with Crippen LogP contribution in [0.3, 0.4) is 0 Å². The van der Waals surface area contributed by atoms with Gasteiger partial charge in [-0.3, -0.25) is 0 Å². The molecule has 110 valence electrons. The molecule has 2 rings (SSSR count). The summed E-state index contributed by atoms with van der Waals surface area (Å²) >= 11 is 0. The van der Waals surface area contributed by atoms with E-state index in [4.69, 9.17) is 0 Å². The fourth-order valence-electron chi connectivity index (χ4n) is 1.38. The Kier molecular flexibility index (Phi) is 8.37. The van der Waals surface area contributed by atoms with Gasteiger partial charge in [0.2, 0.25) is 0 Å². The number of rotatable bonds is 0. The maximum Gasteiger partial charge on any atom is 0.129 e. The number of aryl methyl sites for hydroxylation is 2. The number of hydrogen-bond acceptors (Lipinski definition) is 0. The molecular formula is C17H21F3. The summed E-state index contributed by atoms with van der Waals surface area (Å²) in [6.45, 7) is 8.94. The topological polar surface area (TPSA) is 0 Å². The third-order valence-electron chi connectivity index (χ3n) is 2.41.